The quantitative estimate of drug-likeness (QED) is 0.487. The lowest BCUT2D eigenvalue weighted by molar-refractivity contribution is 0.848. The maximum atomic E-state index is 3.92. The van der Waals surface area contributed by atoms with Crippen LogP contribution in [0.1, 0.15) is 11.3 Å². The molecular formula is C9H13N. The second kappa shape index (κ2) is 2.01. The summed E-state index contributed by atoms with van der Waals surface area (Å²) in [6.07, 6.45) is 0. The maximum Gasteiger partial charge on any atom is 0.0403 e. The predicted octanol–water partition coefficient (Wildman–Crippen LogP) is 0.463. The van der Waals surface area contributed by atoms with Gasteiger partial charge in [-0.2, -0.15) is 0 Å². The largest absolute Gasteiger partial charge is 0.348 e. The smallest absolute Gasteiger partial charge is 0.0403 e. The molecular weight excluding hydrogens is 122 g/mol. The van der Waals surface area contributed by atoms with E-state index in [1.807, 2.05) is 7.05 Å². The van der Waals surface area contributed by atoms with E-state index >= 15 is 0 Å². The Morgan fingerprint density at radius 1 is 1.20 bits per heavy atom. The molecule has 0 saturated heterocycles. The van der Waals surface area contributed by atoms with Gasteiger partial charge in [-0.3, -0.25) is 0 Å². The van der Waals surface area contributed by atoms with Crippen LogP contribution in [0.4, 0.5) is 0 Å². The third-order valence-corrected chi connectivity index (χ3v) is 2.25. The zero-order valence-corrected chi connectivity index (χ0v) is 6.86. The molecule has 0 aliphatic carbocycles. The van der Waals surface area contributed by atoms with Gasteiger partial charge < -0.3 is 4.57 Å². The lowest BCUT2D eigenvalue weighted by atomic mass is 10.2. The van der Waals surface area contributed by atoms with Gasteiger partial charge in [-0.25, -0.2) is 0 Å². The van der Waals surface area contributed by atoms with E-state index in [0.29, 0.717) is 0 Å². The Morgan fingerprint density at radius 3 is 1.80 bits per heavy atom. The Morgan fingerprint density at radius 2 is 1.70 bits per heavy atom. The third-order valence-electron chi connectivity index (χ3n) is 2.25. The monoisotopic (exact) mass is 135 g/mol. The first-order valence-corrected chi connectivity index (χ1v) is 3.35. The number of aromatic nitrogens is 1. The lowest BCUT2D eigenvalue weighted by Gasteiger charge is -1.94. The predicted molar refractivity (Wildman–Crippen MR) is 45.2 cm³/mol. The van der Waals surface area contributed by atoms with Crippen molar-refractivity contribution in [1.29, 1.82) is 0 Å². The fraction of sp³-hybridized carbons (Fsp3) is 0.333. The Bertz CT molecular complexity index is 310. The van der Waals surface area contributed by atoms with Crippen LogP contribution >= 0.6 is 0 Å². The second-order valence-electron chi connectivity index (χ2n) is 2.69. The van der Waals surface area contributed by atoms with Crippen molar-refractivity contribution >= 4 is 13.2 Å². The molecule has 1 rings (SSSR count). The molecule has 0 aliphatic rings. The van der Waals surface area contributed by atoms with Crippen LogP contribution in [0, 0.1) is 13.8 Å². The van der Waals surface area contributed by atoms with E-state index in [4.69, 9.17) is 0 Å². The molecule has 0 saturated carbocycles. The van der Waals surface area contributed by atoms with Gasteiger partial charge in [0.05, 0.1) is 0 Å². The molecule has 1 aromatic rings. The Kier molecular flexibility index (Phi) is 1.43. The van der Waals surface area contributed by atoms with Crippen molar-refractivity contribution in [2.45, 2.75) is 13.8 Å². The summed E-state index contributed by atoms with van der Waals surface area (Å²) in [5.41, 5.74) is 2.52. The minimum Gasteiger partial charge on any atom is -0.348 e. The average molecular weight is 135 g/mol. The van der Waals surface area contributed by atoms with Crippen LogP contribution in [0.5, 0.6) is 0 Å². The van der Waals surface area contributed by atoms with E-state index in [2.05, 4.69) is 31.6 Å². The summed E-state index contributed by atoms with van der Waals surface area (Å²) in [5.74, 6) is 0. The van der Waals surface area contributed by atoms with Gasteiger partial charge in [-0.05, 0) is 24.6 Å². The van der Waals surface area contributed by atoms with Gasteiger partial charge in [0.1, 0.15) is 0 Å². The summed E-state index contributed by atoms with van der Waals surface area (Å²) < 4.78 is 2.07. The summed E-state index contributed by atoms with van der Waals surface area (Å²) in [6, 6.07) is 0. The fourth-order valence-corrected chi connectivity index (χ4v) is 1.09. The van der Waals surface area contributed by atoms with Crippen molar-refractivity contribution in [1.82, 2.24) is 4.57 Å². The highest BCUT2D eigenvalue weighted by Gasteiger charge is 1.99. The molecule has 0 aromatic carbocycles. The molecule has 54 valence electrons. The number of nitrogens with zero attached hydrogens (tertiary/aromatic N) is 1. The van der Waals surface area contributed by atoms with Crippen LogP contribution in [0.15, 0.2) is 0 Å². The molecule has 0 fully saturated rings. The topological polar surface area (TPSA) is 4.93 Å². The summed E-state index contributed by atoms with van der Waals surface area (Å²) in [7, 11) is 2.01. The first-order chi connectivity index (χ1) is 4.55. The second-order valence-corrected chi connectivity index (χ2v) is 2.69. The van der Waals surface area contributed by atoms with E-state index in [0.717, 1.165) is 10.6 Å². The van der Waals surface area contributed by atoms with E-state index in [-0.39, 0.29) is 0 Å². The molecule has 1 aromatic heterocycles. The molecule has 0 bridgehead atoms. The number of hydrogen-bond donors (Lipinski definition) is 0. The van der Waals surface area contributed by atoms with Crippen molar-refractivity contribution in [3.05, 3.63) is 21.8 Å². The van der Waals surface area contributed by atoms with Crippen molar-refractivity contribution in [3.8, 4) is 0 Å². The normalized spacial score (nSPS) is 10.3. The van der Waals surface area contributed by atoms with Crippen LogP contribution in [-0.2, 0) is 7.05 Å². The van der Waals surface area contributed by atoms with Gasteiger partial charge in [0, 0.05) is 18.1 Å². The highest BCUT2D eigenvalue weighted by molar-refractivity contribution is 5.26. The van der Waals surface area contributed by atoms with Gasteiger partial charge in [0.2, 0.25) is 0 Å². The molecule has 0 spiro atoms. The first kappa shape index (κ1) is 7.13. The SMILES string of the molecule is C=c1c(C)c(C)n(C)c1=C. The van der Waals surface area contributed by atoms with Crippen LogP contribution in [-0.4, -0.2) is 4.57 Å². The Hall–Kier alpha value is -0.980. The van der Waals surface area contributed by atoms with Crippen LogP contribution in [0.2, 0.25) is 0 Å². The highest BCUT2D eigenvalue weighted by atomic mass is 14.9. The van der Waals surface area contributed by atoms with Gasteiger partial charge in [-0.1, -0.05) is 13.2 Å². The van der Waals surface area contributed by atoms with E-state index in [1.54, 1.807) is 0 Å². The third kappa shape index (κ3) is 0.703. The summed E-state index contributed by atoms with van der Waals surface area (Å²) in [6.45, 7) is 12.0. The van der Waals surface area contributed by atoms with Crippen LogP contribution in [0.25, 0.3) is 13.2 Å². The summed E-state index contributed by atoms with van der Waals surface area (Å²) in [4.78, 5) is 0. The van der Waals surface area contributed by atoms with Gasteiger partial charge in [0.15, 0.2) is 0 Å². The Balaban J connectivity index is 3.77. The molecule has 0 radical (unpaired) electrons. The minimum absolute atomic E-state index is 1.02. The molecule has 0 atom stereocenters. The highest BCUT2D eigenvalue weighted by Crippen LogP contribution is 1.94. The van der Waals surface area contributed by atoms with Gasteiger partial charge >= 0.3 is 0 Å². The van der Waals surface area contributed by atoms with Crippen LogP contribution < -0.4 is 10.6 Å². The van der Waals surface area contributed by atoms with E-state index in [1.165, 1.54) is 11.3 Å². The molecule has 0 unspecified atom stereocenters. The number of rotatable bonds is 0. The first-order valence-electron chi connectivity index (χ1n) is 3.35. The number of hydrogen-bond acceptors (Lipinski definition) is 0. The zero-order valence-electron chi connectivity index (χ0n) is 6.86. The van der Waals surface area contributed by atoms with E-state index in [9.17, 15) is 0 Å². The molecule has 1 heteroatoms. The van der Waals surface area contributed by atoms with Gasteiger partial charge in [-0.15, -0.1) is 0 Å². The van der Waals surface area contributed by atoms with E-state index < -0.39 is 0 Å². The average Bonchev–Trinajstić information content (AvgIpc) is 2.07. The summed E-state index contributed by atoms with van der Waals surface area (Å²) >= 11 is 0. The molecule has 0 N–H and O–H groups in total. The molecule has 0 amide bonds. The molecule has 1 nitrogen and oxygen atoms in total. The fourth-order valence-electron chi connectivity index (χ4n) is 1.09. The molecule has 10 heavy (non-hydrogen) atoms. The van der Waals surface area contributed by atoms with Crippen molar-refractivity contribution in [2.24, 2.45) is 7.05 Å². The van der Waals surface area contributed by atoms with Gasteiger partial charge in [0.25, 0.3) is 0 Å². The summed E-state index contributed by atoms with van der Waals surface area (Å²) in [5, 5.41) is 2.09. The molecule has 0 aliphatic heterocycles. The van der Waals surface area contributed by atoms with Crippen LogP contribution in [0.3, 0.4) is 0 Å². The molecule has 1 heterocycles. The Labute approximate surface area is 61.3 Å². The lowest BCUT2D eigenvalue weighted by Crippen LogP contribution is -2.25. The van der Waals surface area contributed by atoms with Crippen molar-refractivity contribution < 1.29 is 0 Å². The van der Waals surface area contributed by atoms with Crippen molar-refractivity contribution in [2.75, 3.05) is 0 Å². The zero-order chi connectivity index (χ0) is 7.89. The standard InChI is InChI=1S/C9H13N/c1-6-7(2)9(4)10(5)8(6)3/h1,3H2,2,4-5H3. The maximum absolute atomic E-state index is 3.92. The van der Waals surface area contributed by atoms with Crippen molar-refractivity contribution in [3.63, 3.8) is 0 Å². The minimum atomic E-state index is 1.02.